The Morgan fingerprint density at radius 3 is 2.60 bits per heavy atom. The van der Waals surface area contributed by atoms with Crippen molar-refractivity contribution in [3.63, 3.8) is 0 Å². The van der Waals surface area contributed by atoms with Crippen molar-refractivity contribution in [3.05, 3.63) is 0 Å². The van der Waals surface area contributed by atoms with Crippen molar-refractivity contribution in [1.29, 1.82) is 0 Å². The molecule has 6 heteroatoms. The van der Waals surface area contributed by atoms with E-state index in [0.717, 1.165) is 32.5 Å². The Balaban J connectivity index is 1.67. The Labute approximate surface area is 124 Å². The fraction of sp³-hybridized carbons (Fsp3) is 0.857. The van der Waals surface area contributed by atoms with E-state index >= 15 is 0 Å². The molecule has 1 amide bonds. The van der Waals surface area contributed by atoms with Crippen LogP contribution in [0.4, 0.5) is 0 Å². The summed E-state index contributed by atoms with van der Waals surface area (Å²) in [5, 5.41) is 12.0. The number of rotatable bonds is 5. The highest BCUT2D eigenvalue weighted by Gasteiger charge is 2.30. The minimum absolute atomic E-state index is 0.0438. The van der Waals surface area contributed by atoms with Crippen LogP contribution in [-0.4, -0.2) is 59.6 Å². The molecule has 0 bridgehead atoms. The summed E-state index contributed by atoms with van der Waals surface area (Å²) in [7, 11) is 0. The smallest absolute Gasteiger partial charge is 0.306 e. The third-order valence-corrected chi connectivity index (χ3v) is 5.17. The third kappa shape index (κ3) is 4.66. The Kier molecular flexibility index (Phi) is 6.16. The van der Waals surface area contributed by atoms with E-state index in [1.54, 1.807) is 0 Å². The second-order valence-corrected chi connectivity index (χ2v) is 6.87. The van der Waals surface area contributed by atoms with Gasteiger partial charge in [0.15, 0.2) is 0 Å². The van der Waals surface area contributed by atoms with Gasteiger partial charge in [-0.25, -0.2) is 0 Å². The number of nitrogens with zero attached hydrogens (tertiary/aromatic N) is 1. The maximum absolute atomic E-state index is 12.1. The topological polar surface area (TPSA) is 69.6 Å². The molecule has 0 aromatic heterocycles. The summed E-state index contributed by atoms with van der Waals surface area (Å²) in [4.78, 5) is 25.5. The molecule has 5 nitrogen and oxygen atoms in total. The van der Waals surface area contributed by atoms with E-state index in [2.05, 4.69) is 10.2 Å². The second kappa shape index (κ2) is 7.88. The minimum Gasteiger partial charge on any atom is -0.481 e. The van der Waals surface area contributed by atoms with E-state index in [0.29, 0.717) is 19.4 Å². The number of carboxylic acid groups (broad SMARTS) is 1. The van der Waals surface area contributed by atoms with Gasteiger partial charge in [-0.15, -0.1) is 0 Å². The molecule has 1 saturated heterocycles. The molecule has 2 N–H and O–H groups in total. The fourth-order valence-corrected chi connectivity index (χ4v) is 3.94. The first kappa shape index (κ1) is 15.6. The van der Waals surface area contributed by atoms with Gasteiger partial charge in [0.25, 0.3) is 0 Å². The average molecular weight is 300 g/mol. The summed E-state index contributed by atoms with van der Waals surface area (Å²) in [5.41, 5.74) is 0. The van der Waals surface area contributed by atoms with Crippen molar-refractivity contribution in [3.8, 4) is 0 Å². The largest absolute Gasteiger partial charge is 0.481 e. The highest BCUT2D eigenvalue weighted by Crippen LogP contribution is 2.29. The normalized spacial score (nSPS) is 28.0. The van der Waals surface area contributed by atoms with Crippen LogP contribution >= 0.6 is 11.8 Å². The highest BCUT2D eigenvalue weighted by molar-refractivity contribution is 7.99. The molecule has 1 saturated carbocycles. The maximum Gasteiger partial charge on any atom is 0.306 e. The number of carbonyl (C=O) groups is 2. The van der Waals surface area contributed by atoms with Gasteiger partial charge < -0.3 is 10.4 Å². The molecule has 1 aliphatic carbocycles. The van der Waals surface area contributed by atoms with E-state index in [-0.39, 0.29) is 17.7 Å². The first-order valence-corrected chi connectivity index (χ1v) is 8.63. The quantitative estimate of drug-likeness (QED) is 0.794. The van der Waals surface area contributed by atoms with E-state index in [4.69, 9.17) is 5.11 Å². The number of amides is 1. The van der Waals surface area contributed by atoms with Crippen LogP contribution in [0, 0.1) is 11.8 Å². The van der Waals surface area contributed by atoms with Crippen molar-refractivity contribution in [2.45, 2.75) is 25.7 Å². The van der Waals surface area contributed by atoms with Crippen LogP contribution in [0.2, 0.25) is 0 Å². The van der Waals surface area contributed by atoms with Crippen molar-refractivity contribution < 1.29 is 14.7 Å². The standard InChI is InChI=1S/C14H24N2O3S/c17-13(11-2-1-3-12(10-11)14(18)19)15-4-5-16-6-8-20-9-7-16/h11-12H,1-10H2,(H,15,17)(H,18,19). The lowest BCUT2D eigenvalue weighted by Crippen LogP contribution is -2.41. The Morgan fingerprint density at radius 2 is 1.90 bits per heavy atom. The third-order valence-electron chi connectivity index (χ3n) is 4.23. The maximum atomic E-state index is 12.1. The minimum atomic E-state index is -0.756. The number of carboxylic acids is 1. The van der Waals surface area contributed by atoms with Crippen LogP contribution in [0.3, 0.4) is 0 Å². The molecule has 0 radical (unpaired) electrons. The van der Waals surface area contributed by atoms with Crippen LogP contribution in [0.15, 0.2) is 0 Å². The molecule has 1 heterocycles. The van der Waals surface area contributed by atoms with Gasteiger partial charge in [0.05, 0.1) is 5.92 Å². The molecule has 2 rings (SSSR count). The molecule has 0 spiro atoms. The van der Waals surface area contributed by atoms with E-state index < -0.39 is 5.97 Å². The predicted octanol–water partition coefficient (Wildman–Crippen LogP) is 1.04. The van der Waals surface area contributed by atoms with E-state index in [1.165, 1.54) is 11.5 Å². The zero-order valence-electron chi connectivity index (χ0n) is 11.8. The number of aliphatic carboxylic acids is 1. The van der Waals surface area contributed by atoms with E-state index in [1.807, 2.05) is 11.8 Å². The SMILES string of the molecule is O=C(O)C1CCCC(C(=O)NCCN2CCSCC2)C1. The van der Waals surface area contributed by atoms with Crippen LogP contribution in [-0.2, 0) is 9.59 Å². The lowest BCUT2D eigenvalue weighted by atomic mass is 9.81. The molecular weight excluding hydrogens is 276 g/mol. The van der Waals surface area contributed by atoms with Crippen molar-refractivity contribution >= 4 is 23.6 Å². The Bertz CT molecular complexity index is 345. The molecule has 20 heavy (non-hydrogen) atoms. The van der Waals surface area contributed by atoms with Gasteiger partial charge in [-0.05, 0) is 19.3 Å². The highest BCUT2D eigenvalue weighted by atomic mass is 32.2. The van der Waals surface area contributed by atoms with Crippen LogP contribution in [0.1, 0.15) is 25.7 Å². The van der Waals surface area contributed by atoms with Gasteiger partial charge in [-0.1, -0.05) is 6.42 Å². The lowest BCUT2D eigenvalue weighted by molar-refractivity contribution is -0.144. The molecule has 2 atom stereocenters. The van der Waals surface area contributed by atoms with Gasteiger partial charge in [0.1, 0.15) is 0 Å². The Morgan fingerprint density at radius 1 is 1.20 bits per heavy atom. The molecule has 2 aliphatic rings. The summed E-state index contributed by atoms with van der Waals surface area (Å²) in [6.07, 6.45) is 2.89. The fourth-order valence-electron chi connectivity index (χ4n) is 2.96. The van der Waals surface area contributed by atoms with Crippen molar-refractivity contribution in [2.24, 2.45) is 11.8 Å². The molecule has 114 valence electrons. The van der Waals surface area contributed by atoms with Crippen molar-refractivity contribution in [2.75, 3.05) is 37.7 Å². The first-order valence-electron chi connectivity index (χ1n) is 7.47. The second-order valence-electron chi connectivity index (χ2n) is 5.64. The van der Waals surface area contributed by atoms with Gasteiger partial charge >= 0.3 is 5.97 Å². The van der Waals surface area contributed by atoms with Gasteiger partial charge in [-0.2, -0.15) is 11.8 Å². The summed E-state index contributed by atoms with van der Waals surface area (Å²) < 4.78 is 0. The van der Waals surface area contributed by atoms with Crippen LogP contribution in [0.5, 0.6) is 0 Å². The molecule has 1 aliphatic heterocycles. The molecule has 2 fully saturated rings. The Hall–Kier alpha value is -0.750. The molecular formula is C14H24N2O3S. The summed E-state index contributed by atoms with van der Waals surface area (Å²) in [6, 6.07) is 0. The number of hydrogen-bond acceptors (Lipinski definition) is 4. The molecule has 0 aromatic rings. The van der Waals surface area contributed by atoms with Gasteiger partial charge in [-0.3, -0.25) is 14.5 Å². The zero-order valence-corrected chi connectivity index (χ0v) is 12.7. The van der Waals surface area contributed by atoms with Crippen molar-refractivity contribution in [1.82, 2.24) is 10.2 Å². The van der Waals surface area contributed by atoms with Gasteiger partial charge in [0, 0.05) is 43.6 Å². The average Bonchev–Trinajstić information content (AvgIpc) is 2.48. The number of hydrogen-bond donors (Lipinski definition) is 2. The monoisotopic (exact) mass is 300 g/mol. The lowest BCUT2D eigenvalue weighted by Gasteiger charge is -2.28. The summed E-state index contributed by atoms with van der Waals surface area (Å²) in [6.45, 7) is 3.79. The molecule has 2 unspecified atom stereocenters. The number of nitrogens with one attached hydrogen (secondary N) is 1. The first-order chi connectivity index (χ1) is 9.66. The zero-order chi connectivity index (χ0) is 14.4. The van der Waals surface area contributed by atoms with Crippen LogP contribution in [0.25, 0.3) is 0 Å². The summed E-state index contributed by atoms with van der Waals surface area (Å²) >= 11 is 1.98. The van der Waals surface area contributed by atoms with Crippen LogP contribution < -0.4 is 5.32 Å². The number of thioether (sulfide) groups is 1. The van der Waals surface area contributed by atoms with Gasteiger partial charge in [0.2, 0.25) is 5.91 Å². The predicted molar refractivity (Wildman–Crippen MR) is 79.9 cm³/mol. The number of carbonyl (C=O) groups excluding carboxylic acids is 1. The summed E-state index contributed by atoms with van der Waals surface area (Å²) in [5.74, 6) is 1.20. The molecule has 0 aromatic carbocycles. The van der Waals surface area contributed by atoms with E-state index in [9.17, 15) is 9.59 Å².